The van der Waals surface area contributed by atoms with Crippen LogP contribution < -0.4 is 0 Å². The highest BCUT2D eigenvalue weighted by Crippen LogP contribution is 2.39. The van der Waals surface area contributed by atoms with Crippen molar-refractivity contribution in [2.75, 3.05) is 6.61 Å². The van der Waals surface area contributed by atoms with E-state index in [1.165, 1.54) is 6.92 Å². The summed E-state index contributed by atoms with van der Waals surface area (Å²) in [5.74, 6) is -1.24. The van der Waals surface area contributed by atoms with Gasteiger partial charge in [0.05, 0.1) is 5.60 Å². The van der Waals surface area contributed by atoms with Crippen molar-refractivity contribution in [2.24, 2.45) is 0 Å². The van der Waals surface area contributed by atoms with Gasteiger partial charge in [-0.2, -0.15) is 0 Å². The van der Waals surface area contributed by atoms with E-state index in [2.05, 4.69) is 31.9 Å². The Morgan fingerprint density at radius 2 is 1.92 bits per heavy atom. The lowest BCUT2D eigenvalue weighted by atomic mass is 9.99. The monoisotopic (exact) mass is 304 g/mol. The molecule has 0 aliphatic rings. The van der Waals surface area contributed by atoms with Gasteiger partial charge in [-0.15, -0.1) is 0 Å². The summed E-state index contributed by atoms with van der Waals surface area (Å²) >= 11 is 5.65. The molecule has 0 unspecified atom stereocenters. The van der Waals surface area contributed by atoms with E-state index in [-0.39, 0.29) is 13.0 Å². The van der Waals surface area contributed by atoms with Crippen molar-refractivity contribution in [3.8, 4) is 0 Å². The first kappa shape index (κ1) is 12.3. The number of aliphatic carboxylic acids is 1. The van der Waals surface area contributed by atoms with Crippen LogP contribution in [0.2, 0.25) is 0 Å². The second kappa shape index (κ2) is 4.04. The van der Waals surface area contributed by atoms with Crippen molar-refractivity contribution >= 4 is 37.8 Å². The molecule has 0 spiro atoms. The van der Waals surface area contributed by atoms with Gasteiger partial charge in [-0.3, -0.25) is 0 Å². The fraction of sp³-hybridized carbons (Fsp3) is 0.833. The van der Waals surface area contributed by atoms with Gasteiger partial charge in [0.25, 0.3) is 0 Å². The summed E-state index contributed by atoms with van der Waals surface area (Å²) in [4.78, 5) is 10.6. The quantitative estimate of drug-likeness (QED) is 0.668. The lowest BCUT2D eigenvalue weighted by Crippen LogP contribution is -2.49. The summed E-state index contributed by atoms with van der Waals surface area (Å²) in [6, 6.07) is 0. The Kier molecular flexibility index (Phi) is 4.16. The number of aliphatic hydroxyl groups excluding tert-OH is 1. The van der Waals surface area contributed by atoms with Crippen LogP contribution in [0.1, 0.15) is 13.3 Å². The van der Waals surface area contributed by atoms with E-state index in [0.717, 1.165) is 0 Å². The molecular formula is C6H10Br2O4. The minimum absolute atomic E-state index is 0.0319. The molecule has 0 fully saturated rings. The normalized spacial score (nSPS) is 17.1. The number of rotatable bonds is 4. The van der Waals surface area contributed by atoms with Crippen molar-refractivity contribution in [1.82, 2.24) is 0 Å². The first-order valence-electron chi connectivity index (χ1n) is 3.20. The number of hydrogen-bond acceptors (Lipinski definition) is 3. The lowest BCUT2D eigenvalue weighted by Gasteiger charge is -2.32. The second-order valence-electron chi connectivity index (χ2n) is 2.63. The first-order chi connectivity index (χ1) is 5.25. The zero-order chi connectivity index (χ0) is 9.99. The maximum atomic E-state index is 10.6. The van der Waals surface area contributed by atoms with E-state index in [1.54, 1.807) is 0 Å². The van der Waals surface area contributed by atoms with Gasteiger partial charge in [-0.05, 0) is 6.92 Å². The Morgan fingerprint density at radius 3 is 2.17 bits per heavy atom. The van der Waals surface area contributed by atoms with Crippen LogP contribution in [0.15, 0.2) is 0 Å². The average Bonchev–Trinajstić information content (AvgIpc) is 1.86. The minimum Gasteiger partial charge on any atom is -0.479 e. The summed E-state index contributed by atoms with van der Waals surface area (Å²) in [6.07, 6.45) is -0.0319. The van der Waals surface area contributed by atoms with Gasteiger partial charge in [-0.1, -0.05) is 31.9 Å². The lowest BCUT2D eigenvalue weighted by molar-refractivity contribution is -0.142. The van der Waals surface area contributed by atoms with Gasteiger partial charge in [0.1, 0.15) is 0 Å². The summed E-state index contributed by atoms with van der Waals surface area (Å²) in [7, 11) is 0. The van der Waals surface area contributed by atoms with Gasteiger partial charge in [0, 0.05) is 13.0 Å². The summed E-state index contributed by atoms with van der Waals surface area (Å²) in [6.45, 7) is 1.04. The molecule has 0 aromatic carbocycles. The topological polar surface area (TPSA) is 77.8 Å². The van der Waals surface area contributed by atoms with Gasteiger partial charge >= 0.3 is 5.97 Å². The molecule has 0 saturated heterocycles. The molecule has 12 heavy (non-hydrogen) atoms. The highest BCUT2D eigenvalue weighted by Gasteiger charge is 2.49. The summed E-state index contributed by atoms with van der Waals surface area (Å²) < 4.78 is -1.62. The third-order valence-corrected chi connectivity index (χ3v) is 3.93. The van der Waals surface area contributed by atoms with Gasteiger partial charge in [0.15, 0.2) is 0 Å². The van der Waals surface area contributed by atoms with Gasteiger partial charge < -0.3 is 15.3 Å². The fourth-order valence-corrected chi connectivity index (χ4v) is 1.00. The third kappa shape index (κ3) is 2.42. The van der Waals surface area contributed by atoms with Crippen LogP contribution in [0.5, 0.6) is 0 Å². The molecule has 1 atom stereocenters. The smallest absolute Gasteiger partial charge is 0.334 e. The van der Waals surface area contributed by atoms with Gasteiger partial charge in [0.2, 0.25) is 3.23 Å². The molecule has 0 rings (SSSR count). The van der Waals surface area contributed by atoms with Crippen molar-refractivity contribution in [3.63, 3.8) is 0 Å². The van der Waals surface area contributed by atoms with Crippen LogP contribution >= 0.6 is 31.9 Å². The average molecular weight is 306 g/mol. The Morgan fingerprint density at radius 1 is 1.50 bits per heavy atom. The molecule has 0 aromatic heterocycles. The van der Waals surface area contributed by atoms with Crippen LogP contribution in [0, 0.1) is 0 Å². The number of hydrogen-bond donors (Lipinski definition) is 3. The van der Waals surface area contributed by atoms with Crippen molar-refractivity contribution in [2.45, 2.75) is 22.2 Å². The Labute approximate surface area is 86.8 Å². The molecule has 0 aliphatic carbocycles. The number of carbonyl (C=O) groups is 1. The third-order valence-electron chi connectivity index (χ3n) is 1.54. The molecule has 0 radical (unpaired) electrons. The van der Waals surface area contributed by atoms with Crippen LogP contribution in [0.3, 0.4) is 0 Å². The SMILES string of the molecule is C[C@@](O)(CCO)C(Br)(Br)C(=O)O. The molecule has 0 amide bonds. The molecule has 3 N–H and O–H groups in total. The Bertz CT molecular complexity index is 178. The first-order valence-corrected chi connectivity index (χ1v) is 4.79. The molecule has 0 aromatic rings. The number of aliphatic hydroxyl groups is 2. The van der Waals surface area contributed by atoms with E-state index < -0.39 is 14.8 Å². The molecule has 0 aliphatic heterocycles. The molecule has 0 heterocycles. The standard InChI is InChI=1S/C6H10Br2O4/c1-5(12,2-3-9)6(7,8)4(10)11/h9,12H,2-3H2,1H3,(H,10,11)/t5-/m1/s1. The highest BCUT2D eigenvalue weighted by molar-refractivity contribution is 9.26. The van der Waals surface area contributed by atoms with E-state index in [4.69, 9.17) is 10.2 Å². The van der Waals surface area contributed by atoms with Crippen LogP contribution in [0.4, 0.5) is 0 Å². The van der Waals surface area contributed by atoms with E-state index in [9.17, 15) is 9.90 Å². The number of carboxylic acids is 1. The number of alkyl halides is 2. The molecule has 72 valence electrons. The second-order valence-corrected chi connectivity index (χ2v) is 6.07. The zero-order valence-corrected chi connectivity index (χ0v) is 9.59. The zero-order valence-electron chi connectivity index (χ0n) is 6.42. The molecule has 0 saturated carbocycles. The Balaban J connectivity index is 4.62. The van der Waals surface area contributed by atoms with Crippen molar-refractivity contribution < 1.29 is 20.1 Å². The fourth-order valence-electron chi connectivity index (χ4n) is 0.605. The Hall–Kier alpha value is 0.350. The number of carboxylic acid groups (broad SMARTS) is 1. The summed E-state index contributed by atoms with van der Waals surface area (Å²) in [5, 5.41) is 26.8. The predicted octanol–water partition coefficient (Wildman–Crippen LogP) is 0.691. The molecular weight excluding hydrogens is 296 g/mol. The molecule has 0 bridgehead atoms. The molecule has 6 heteroatoms. The maximum absolute atomic E-state index is 10.6. The molecule has 4 nitrogen and oxygen atoms in total. The largest absolute Gasteiger partial charge is 0.479 e. The van der Waals surface area contributed by atoms with Crippen molar-refractivity contribution in [1.29, 1.82) is 0 Å². The predicted molar refractivity (Wildman–Crippen MR) is 50.5 cm³/mol. The van der Waals surface area contributed by atoms with Crippen LogP contribution in [-0.2, 0) is 4.79 Å². The minimum atomic E-state index is -1.62. The number of halogens is 2. The van der Waals surface area contributed by atoms with Crippen molar-refractivity contribution in [3.05, 3.63) is 0 Å². The van der Waals surface area contributed by atoms with E-state index in [0.29, 0.717) is 0 Å². The maximum Gasteiger partial charge on any atom is 0.334 e. The van der Waals surface area contributed by atoms with Crippen LogP contribution in [0.25, 0.3) is 0 Å². The van der Waals surface area contributed by atoms with Crippen LogP contribution in [-0.4, -0.2) is 36.7 Å². The van der Waals surface area contributed by atoms with E-state index in [1.807, 2.05) is 0 Å². The van der Waals surface area contributed by atoms with E-state index >= 15 is 0 Å². The highest BCUT2D eigenvalue weighted by atomic mass is 79.9. The van der Waals surface area contributed by atoms with Gasteiger partial charge in [-0.25, -0.2) is 4.79 Å². The summed E-state index contributed by atoms with van der Waals surface area (Å²) in [5.41, 5.74) is -1.55.